The first-order chi connectivity index (χ1) is 15.1. The van der Waals surface area contributed by atoms with E-state index in [2.05, 4.69) is 32.6 Å². The third-order valence-corrected chi connectivity index (χ3v) is 6.01. The summed E-state index contributed by atoms with van der Waals surface area (Å²) < 4.78 is 0. The van der Waals surface area contributed by atoms with E-state index in [1.165, 1.54) is 18.5 Å². The van der Waals surface area contributed by atoms with Crippen LogP contribution in [0.2, 0.25) is 0 Å². The zero-order chi connectivity index (χ0) is 21.6. The molecule has 2 aliphatic rings. The summed E-state index contributed by atoms with van der Waals surface area (Å²) in [6, 6.07) is 15.6. The normalized spacial score (nSPS) is 16.9. The summed E-state index contributed by atoms with van der Waals surface area (Å²) in [7, 11) is 0. The van der Waals surface area contributed by atoms with Crippen LogP contribution < -0.4 is 15.5 Å². The number of carbonyl (C=O) groups excluding carboxylic acids is 2. The number of aryl methyl sites for hydroxylation is 1. The molecule has 2 N–H and O–H groups in total. The number of nitrogens with one attached hydrogen (secondary N) is 2. The van der Waals surface area contributed by atoms with Crippen molar-refractivity contribution in [2.45, 2.75) is 19.8 Å². The van der Waals surface area contributed by atoms with Crippen molar-refractivity contribution in [1.82, 2.24) is 9.80 Å². The van der Waals surface area contributed by atoms with Crippen LogP contribution in [0.15, 0.2) is 48.5 Å². The van der Waals surface area contributed by atoms with E-state index in [9.17, 15) is 9.59 Å². The van der Waals surface area contributed by atoms with Crippen molar-refractivity contribution in [2.24, 2.45) is 0 Å². The first kappa shape index (κ1) is 21.2. The van der Waals surface area contributed by atoms with Crippen molar-refractivity contribution in [2.75, 3.05) is 61.3 Å². The second-order valence-corrected chi connectivity index (χ2v) is 8.30. The summed E-state index contributed by atoms with van der Waals surface area (Å²) in [5, 5.41) is 5.97. The number of urea groups is 1. The van der Waals surface area contributed by atoms with Crippen molar-refractivity contribution < 1.29 is 9.59 Å². The predicted molar refractivity (Wildman–Crippen MR) is 125 cm³/mol. The molecule has 2 heterocycles. The van der Waals surface area contributed by atoms with E-state index in [0.29, 0.717) is 32.7 Å². The van der Waals surface area contributed by atoms with Gasteiger partial charge in [-0.05, 0) is 55.7 Å². The molecule has 4 rings (SSSR count). The van der Waals surface area contributed by atoms with Crippen LogP contribution in [0.4, 0.5) is 21.9 Å². The Kier molecular flexibility index (Phi) is 6.72. The minimum absolute atomic E-state index is 0.0298. The molecule has 7 nitrogen and oxygen atoms in total. The van der Waals surface area contributed by atoms with Gasteiger partial charge in [0.25, 0.3) is 0 Å². The van der Waals surface area contributed by atoms with Crippen LogP contribution in [0.1, 0.15) is 18.4 Å². The number of amides is 3. The molecule has 0 spiro atoms. The largest absolute Gasteiger partial charge is 0.372 e. The maximum Gasteiger partial charge on any atom is 0.321 e. The van der Waals surface area contributed by atoms with E-state index in [0.717, 1.165) is 30.0 Å². The lowest BCUT2D eigenvalue weighted by atomic mass is 10.1. The van der Waals surface area contributed by atoms with Crippen LogP contribution >= 0.6 is 0 Å². The SMILES string of the molecule is Cc1cc(N2CCCC2)ccc1NC(=O)N1CCN(CC(=O)Nc2ccccc2)CC1. The molecular formula is C24H31N5O2. The molecule has 0 aromatic heterocycles. The Morgan fingerprint density at radius 2 is 1.58 bits per heavy atom. The average Bonchev–Trinajstić information content (AvgIpc) is 3.31. The molecule has 3 amide bonds. The Balaban J connectivity index is 1.24. The molecule has 0 saturated carbocycles. The fraction of sp³-hybridized carbons (Fsp3) is 0.417. The van der Waals surface area contributed by atoms with Crippen molar-refractivity contribution in [3.05, 3.63) is 54.1 Å². The van der Waals surface area contributed by atoms with Crippen LogP contribution in [-0.2, 0) is 4.79 Å². The molecule has 2 aliphatic heterocycles. The highest BCUT2D eigenvalue weighted by molar-refractivity contribution is 5.92. The summed E-state index contributed by atoms with van der Waals surface area (Å²) in [4.78, 5) is 31.3. The molecule has 164 valence electrons. The van der Waals surface area contributed by atoms with Crippen molar-refractivity contribution in [1.29, 1.82) is 0 Å². The lowest BCUT2D eigenvalue weighted by molar-refractivity contribution is -0.117. The van der Waals surface area contributed by atoms with Gasteiger partial charge < -0.3 is 20.4 Å². The molecule has 0 radical (unpaired) electrons. The molecule has 0 atom stereocenters. The number of anilines is 3. The minimum Gasteiger partial charge on any atom is -0.372 e. The van der Waals surface area contributed by atoms with Gasteiger partial charge in [0.05, 0.1) is 6.54 Å². The molecule has 2 fully saturated rings. The Morgan fingerprint density at radius 3 is 2.26 bits per heavy atom. The number of hydrogen-bond donors (Lipinski definition) is 2. The summed E-state index contributed by atoms with van der Waals surface area (Å²) in [5.41, 5.74) is 3.97. The molecular weight excluding hydrogens is 390 g/mol. The first-order valence-electron chi connectivity index (χ1n) is 11.1. The van der Waals surface area contributed by atoms with Gasteiger partial charge in [-0.15, -0.1) is 0 Å². The fourth-order valence-corrected chi connectivity index (χ4v) is 4.19. The topological polar surface area (TPSA) is 67.9 Å². The Bertz CT molecular complexity index is 903. The highest BCUT2D eigenvalue weighted by Crippen LogP contribution is 2.25. The molecule has 0 bridgehead atoms. The summed E-state index contributed by atoms with van der Waals surface area (Å²) >= 11 is 0. The molecule has 0 unspecified atom stereocenters. The van der Waals surface area contributed by atoms with Crippen LogP contribution in [0.3, 0.4) is 0 Å². The summed E-state index contributed by atoms with van der Waals surface area (Å²) in [5.74, 6) is -0.0298. The molecule has 7 heteroatoms. The smallest absolute Gasteiger partial charge is 0.321 e. The minimum atomic E-state index is -0.0783. The fourth-order valence-electron chi connectivity index (χ4n) is 4.19. The second kappa shape index (κ2) is 9.83. The van der Waals surface area contributed by atoms with Gasteiger partial charge in [0.2, 0.25) is 5.91 Å². The lowest BCUT2D eigenvalue weighted by Crippen LogP contribution is -2.51. The van der Waals surface area contributed by atoms with E-state index in [1.807, 2.05) is 48.2 Å². The predicted octanol–water partition coefficient (Wildman–Crippen LogP) is 3.38. The second-order valence-electron chi connectivity index (χ2n) is 8.30. The molecule has 31 heavy (non-hydrogen) atoms. The number of rotatable bonds is 5. The number of nitrogens with zero attached hydrogens (tertiary/aromatic N) is 3. The third-order valence-electron chi connectivity index (χ3n) is 6.01. The van der Waals surface area contributed by atoms with E-state index in [-0.39, 0.29) is 11.9 Å². The van der Waals surface area contributed by atoms with Crippen LogP contribution in [-0.4, -0.2) is 67.6 Å². The van der Waals surface area contributed by atoms with Gasteiger partial charge in [0.1, 0.15) is 0 Å². The van der Waals surface area contributed by atoms with E-state index in [4.69, 9.17) is 0 Å². The van der Waals surface area contributed by atoms with E-state index in [1.54, 1.807) is 0 Å². The Hall–Kier alpha value is -3.06. The summed E-state index contributed by atoms with van der Waals surface area (Å²) in [6.07, 6.45) is 2.49. The standard InChI is InChI=1S/C24H31N5O2/c1-19-17-21(28-11-5-6-12-28)9-10-22(19)26-24(31)29-15-13-27(14-16-29)18-23(30)25-20-7-3-2-4-8-20/h2-4,7-10,17H,5-6,11-16,18H2,1H3,(H,25,30)(H,26,31). The number of benzene rings is 2. The van der Waals surface area contributed by atoms with Gasteiger partial charge in [-0.3, -0.25) is 9.69 Å². The highest BCUT2D eigenvalue weighted by atomic mass is 16.2. The van der Waals surface area contributed by atoms with Crippen LogP contribution in [0.25, 0.3) is 0 Å². The van der Waals surface area contributed by atoms with Crippen LogP contribution in [0.5, 0.6) is 0 Å². The van der Waals surface area contributed by atoms with E-state index >= 15 is 0 Å². The maximum absolute atomic E-state index is 12.7. The number of hydrogen-bond acceptors (Lipinski definition) is 4. The van der Waals surface area contributed by atoms with Crippen molar-refractivity contribution in [3.63, 3.8) is 0 Å². The Labute approximate surface area is 184 Å². The van der Waals surface area contributed by atoms with Gasteiger partial charge in [0.15, 0.2) is 0 Å². The quantitative estimate of drug-likeness (QED) is 0.777. The molecule has 2 saturated heterocycles. The van der Waals surface area contributed by atoms with Crippen molar-refractivity contribution in [3.8, 4) is 0 Å². The lowest BCUT2D eigenvalue weighted by Gasteiger charge is -2.34. The van der Waals surface area contributed by atoms with Crippen molar-refractivity contribution >= 4 is 29.0 Å². The third kappa shape index (κ3) is 5.55. The van der Waals surface area contributed by atoms with Gasteiger partial charge in [-0.25, -0.2) is 4.79 Å². The van der Waals surface area contributed by atoms with Gasteiger partial charge in [0, 0.05) is 56.3 Å². The zero-order valence-corrected chi connectivity index (χ0v) is 18.1. The molecule has 2 aromatic rings. The monoisotopic (exact) mass is 421 g/mol. The number of piperazine rings is 1. The number of carbonyl (C=O) groups is 2. The maximum atomic E-state index is 12.7. The zero-order valence-electron chi connectivity index (χ0n) is 18.1. The average molecular weight is 422 g/mol. The number of para-hydroxylation sites is 1. The van der Waals surface area contributed by atoms with E-state index < -0.39 is 0 Å². The highest BCUT2D eigenvalue weighted by Gasteiger charge is 2.23. The summed E-state index contributed by atoms with van der Waals surface area (Å²) in [6.45, 7) is 7.17. The Morgan fingerprint density at radius 1 is 0.871 bits per heavy atom. The van der Waals surface area contributed by atoms with Gasteiger partial charge >= 0.3 is 6.03 Å². The van der Waals surface area contributed by atoms with Gasteiger partial charge in [-0.2, -0.15) is 0 Å². The molecule has 2 aromatic carbocycles. The molecule has 0 aliphatic carbocycles. The first-order valence-corrected chi connectivity index (χ1v) is 11.1. The van der Waals surface area contributed by atoms with Gasteiger partial charge in [-0.1, -0.05) is 18.2 Å². The van der Waals surface area contributed by atoms with Crippen LogP contribution in [0, 0.1) is 6.92 Å².